The molecule has 84 valence electrons. The van der Waals surface area contributed by atoms with Crippen LogP contribution in [0.15, 0.2) is 24.3 Å². The number of hydrogen-bond donors (Lipinski definition) is 0. The normalized spacial score (nSPS) is 12.5. The highest BCUT2D eigenvalue weighted by molar-refractivity contribution is 9.08. The summed E-state index contributed by atoms with van der Waals surface area (Å²) in [5.74, 6) is 0.895. The lowest BCUT2D eigenvalue weighted by atomic mass is 10.2. The van der Waals surface area contributed by atoms with Gasteiger partial charge < -0.3 is 9.47 Å². The summed E-state index contributed by atoms with van der Waals surface area (Å²) in [6, 6.07) is 8.08. The van der Waals surface area contributed by atoms with Crippen LogP contribution in [0.2, 0.25) is 0 Å². The van der Waals surface area contributed by atoms with Crippen LogP contribution < -0.4 is 4.74 Å². The summed E-state index contributed by atoms with van der Waals surface area (Å²) in [7, 11) is 0. The predicted octanol–water partition coefficient (Wildman–Crippen LogP) is 3.39. The molecule has 0 fully saturated rings. The highest BCUT2D eigenvalue weighted by Gasteiger charge is 2.03. The van der Waals surface area contributed by atoms with Crippen LogP contribution in [0.5, 0.6) is 5.75 Å². The van der Waals surface area contributed by atoms with E-state index in [1.54, 1.807) is 0 Å². The maximum absolute atomic E-state index is 5.68. The van der Waals surface area contributed by atoms with Gasteiger partial charge in [0.15, 0.2) is 0 Å². The lowest BCUT2D eigenvalue weighted by Gasteiger charge is -2.14. The van der Waals surface area contributed by atoms with Crippen LogP contribution in [0, 0.1) is 0 Å². The summed E-state index contributed by atoms with van der Waals surface area (Å²) in [6.07, 6.45) is 0.0970. The van der Waals surface area contributed by atoms with Gasteiger partial charge >= 0.3 is 0 Å². The largest absolute Gasteiger partial charge is 0.488 e. The maximum atomic E-state index is 5.68. The van der Waals surface area contributed by atoms with Crippen molar-refractivity contribution in [3.05, 3.63) is 29.8 Å². The van der Waals surface area contributed by atoms with Crippen molar-refractivity contribution in [2.45, 2.75) is 25.3 Å². The summed E-state index contributed by atoms with van der Waals surface area (Å²) < 4.78 is 11.0. The van der Waals surface area contributed by atoms with Crippen molar-refractivity contribution in [3.63, 3.8) is 0 Å². The monoisotopic (exact) mass is 272 g/mol. The van der Waals surface area contributed by atoms with Gasteiger partial charge in [0.25, 0.3) is 0 Å². The average molecular weight is 273 g/mol. The minimum Gasteiger partial charge on any atom is -0.488 e. The van der Waals surface area contributed by atoms with Crippen LogP contribution in [-0.2, 0) is 10.1 Å². The first-order valence-corrected chi connectivity index (χ1v) is 6.27. The standard InChI is InChI=1S/C12H17BrO2/c1-3-14-9-10(2)15-12-6-4-11(8-13)5-7-12/h4-7,10H,3,8-9H2,1-2H3. The molecule has 15 heavy (non-hydrogen) atoms. The zero-order chi connectivity index (χ0) is 11.1. The molecule has 0 spiro atoms. The molecule has 1 aromatic carbocycles. The Morgan fingerprint density at radius 2 is 1.93 bits per heavy atom. The van der Waals surface area contributed by atoms with E-state index in [1.165, 1.54) is 5.56 Å². The van der Waals surface area contributed by atoms with Crippen LogP contribution >= 0.6 is 15.9 Å². The first kappa shape index (κ1) is 12.5. The highest BCUT2D eigenvalue weighted by Crippen LogP contribution is 2.15. The van der Waals surface area contributed by atoms with Gasteiger partial charge in [0.2, 0.25) is 0 Å². The van der Waals surface area contributed by atoms with Crippen molar-refractivity contribution < 1.29 is 9.47 Å². The minimum atomic E-state index is 0.0970. The molecule has 1 unspecified atom stereocenters. The molecule has 0 amide bonds. The topological polar surface area (TPSA) is 18.5 Å². The number of halogens is 1. The van der Waals surface area contributed by atoms with E-state index in [4.69, 9.17) is 9.47 Å². The zero-order valence-electron chi connectivity index (χ0n) is 9.20. The van der Waals surface area contributed by atoms with Gasteiger partial charge in [-0.15, -0.1) is 0 Å². The fourth-order valence-corrected chi connectivity index (χ4v) is 1.58. The Bertz CT molecular complexity index is 271. The predicted molar refractivity (Wildman–Crippen MR) is 65.7 cm³/mol. The Kier molecular flexibility index (Phi) is 5.73. The molecule has 1 aromatic rings. The maximum Gasteiger partial charge on any atom is 0.119 e. The van der Waals surface area contributed by atoms with E-state index in [1.807, 2.05) is 26.0 Å². The molecule has 0 N–H and O–H groups in total. The molecule has 0 aliphatic rings. The van der Waals surface area contributed by atoms with Gasteiger partial charge in [-0.05, 0) is 31.5 Å². The lowest BCUT2D eigenvalue weighted by molar-refractivity contribution is 0.0657. The molecular formula is C12H17BrO2. The van der Waals surface area contributed by atoms with E-state index < -0.39 is 0 Å². The van der Waals surface area contributed by atoms with E-state index >= 15 is 0 Å². The molecule has 0 radical (unpaired) electrons. The van der Waals surface area contributed by atoms with Gasteiger partial charge in [0, 0.05) is 11.9 Å². The highest BCUT2D eigenvalue weighted by atomic mass is 79.9. The van der Waals surface area contributed by atoms with Crippen molar-refractivity contribution in [3.8, 4) is 5.75 Å². The fraction of sp³-hybridized carbons (Fsp3) is 0.500. The third-order valence-corrected chi connectivity index (χ3v) is 2.62. The van der Waals surface area contributed by atoms with Gasteiger partial charge in [-0.2, -0.15) is 0 Å². The molecule has 2 nitrogen and oxygen atoms in total. The van der Waals surface area contributed by atoms with Crippen molar-refractivity contribution in [2.75, 3.05) is 13.2 Å². The minimum absolute atomic E-state index is 0.0970. The molecule has 1 atom stereocenters. The van der Waals surface area contributed by atoms with Crippen molar-refractivity contribution in [1.29, 1.82) is 0 Å². The van der Waals surface area contributed by atoms with Gasteiger partial charge in [-0.1, -0.05) is 28.1 Å². The first-order chi connectivity index (χ1) is 7.26. The third-order valence-electron chi connectivity index (χ3n) is 1.97. The molecule has 3 heteroatoms. The summed E-state index contributed by atoms with van der Waals surface area (Å²) in [5.41, 5.74) is 1.25. The van der Waals surface area contributed by atoms with Crippen LogP contribution in [0.4, 0.5) is 0 Å². The quantitative estimate of drug-likeness (QED) is 0.740. The summed E-state index contributed by atoms with van der Waals surface area (Å²) in [5, 5.41) is 0.877. The molecule has 0 bridgehead atoms. The number of ether oxygens (including phenoxy) is 2. The second-order valence-electron chi connectivity index (χ2n) is 3.37. The van der Waals surface area contributed by atoms with Crippen LogP contribution in [0.25, 0.3) is 0 Å². The molecule has 0 aliphatic heterocycles. The Balaban J connectivity index is 2.42. The van der Waals surface area contributed by atoms with Crippen molar-refractivity contribution >= 4 is 15.9 Å². The van der Waals surface area contributed by atoms with E-state index in [2.05, 4.69) is 28.1 Å². The Hall–Kier alpha value is -0.540. The Labute approximate surface area is 99.7 Å². The van der Waals surface area contributed by atoms with Gasteiger partial charge in [0.05, 0.1) is 6.61 Å². The van der Waals surface area contributed by atoms with Gasteiger partial charge in [0.1, 0.15) is 11.9 Å². The summed E-state index contributed by atoms with van der Waals surface area (Å²) >= 11 is 3.41. The summed E-state index contributed by atoms with van der Waals surface area (Å²) in [6.45, 7) is 5.36. The van der Waals surface area contributed by atoms with Crippen molar-refractivity contribution in [2.24, 2.45) is 0 Å². The lowest BCUT2D eigenvalue weighted by Crippen LogP contribution is -2.18. The Morgan fingerprint density at radius 3 is 2.47 bits per heavy atom. The number of benzene rings is 1. The molecule has 0 aliphatic carbocycles. The van der Waals surface area contributed by atoms with Crippen LogP contribution in [0.3, 0.4) is 0 Å². The molecular weight excluding hydrogens is 256 g/mol. The molecule has 1 rings (SSSR count). The molecule has 0 saturated heterocycles. The number of rotatable bonds is 6. The van der Waals surface area contributed by atoms with Crippen LogP contribution in [0.1, 0.15) is 19.4 Å². The SMILES string of the molecule is CCOCC(C)Oc1ccc(CBr)cc1. The average Bonchev–Trinajstić information content (AvgIpc) is 2.27. The molecule has 0 saturated carbocycles. The van der Waals surface area contributed by atoms with E-state index in [0.717, 1.165) is 17.7 Å². The van der Waals surface area contributed by atoms with E-state index in [9.17, 15) is 0 Å². The number of hydrogen-bond acceptors (Lipinski definition) is 2. The smallest absolute Gasteiger partial charge is 0.119 e. The molecule has 0 aromatic heterocycles. The second-order valence-corrected chi connectivity index (χ2v) is 3.93. The zero-order valence-corrected chi connectivity index (χ0v) is 10.8. The van der Waals surface area contributed by atoms with E-state index in [-0.39, 0.29) is 6.10 Å². The van der Waals surface area contributed by atoms with E-state index in [0.29, 0.717) is 6.61 Å². The fourth-order valence-electron chi connectivity index (χ4n) is 1.21. The first-order valence-electron chi connectivity index (χ1n) is 5.15. The second kappa shape index (κ2) is 6.85. The Morgan fingerprint density at radius 1 is 1.27 bits per heavy atom. The van der Waals surface area contributed by atoms with Gasteiger partial charge in [-0.3, -0.25) is 0 Å². The molecule has 0 heterocycles. The third kappa shape index (κ3) is 4.67. The summed E-state index contributed by atoms with van der Waals surface area (Å²) in [4.78, 5) is 0. The number of alkyl halides is 1. The van der Waals surface area contributed by atoms with Crippen molar-refractivity contribution in [1.82, 2.24) is 0 Å². The van der Waals surface area contributed by atoms with Gasteiger partial charge in [-0.25, -0.2) is 0 Å². The van der Waals surface area contributed by atoms with Crippen LogP contribution in [-0.4, -0.2) is 19.3 Å².